The molecule has 0 radical (unpaired) electrons. The van der Waals surface area contributed by atoms with Gasteiger partial charge in [0.1, 0.15) is 24.6 Å². The number of aliphatic hydroxyl groups excluding tert-OH is 4. The first kappa shape index (κ1) is 34.4. The lowest BCUT2D eigenvalue weighted by Crippen LogP contribution is -2.68. The van der Waals surface area contributed by atoms with Crippen LogP contribution >= 0.6 is 0 Å². The summed E-state index contributed by atoms with van der Waals surface area (Å²) in [6, 6.07) is 4.53. The lowest BCUT2D eigenvalue weighted by molar-refractivity contribution is -0.257. The number of aryl methyl sites for hydroxylation is 1. The van der Waals surface area contributed by atoms with E-state index in [0.29, 0.717) is 24.1 Å². The maximum absolute atomic E-state index is 12.6. The molecule has 1 saturated heterocycles. The molecule has 1 aliphatic rings. The number of phenols is 1. The minimum Gasteiger partial charge on any atom is -0.508 e. The van der Waals surface area contributed by atoms with Gasteiger partial charge in [-0.2, -0.15) is 0 Å². The molecule has 2 aromatic rings. The number of rotatable bonds is 16. The fraction of sp³-hybridized carbons (Fsp3) is 0.552. The molecule has 2 amide bonds. The smallest absolute Gasteiger partial charge is 0.359 e. The molecule has 8 N–H and O–H groups in total. The topological polar surface area (TPSA) is 237 Å². The van der Waals surface area contributed by atoms with Gasteiger partial charge in [-0.25, -0.2) is 9.48 Å². The number of ether oxygens (including phenoxy) is 1. The second kappa shape index (κ2) is 16.1. The van der Waals surface area contributed by atoms with E-state index in [0.717, 1.165) is 30.4 Å². The van der Waals surface area contributed by atoms with E-state index in [1.807, 2.05) is 0 Å². The fourth-order valence-corrected chi connectivity index (χ4v) is 5.00. The van der Waals surface area contributed by atoms with Crippen LogP contribution < -0.4 is 10.6 Å². The van der Waals surface area contributed by atoms with Crippen molar-refractivity contribution in [1.29, 1.82) is 0 Å². The Hall–Kier alpha value is -4.07. The van der Waals surface area contributed by atoms with Gasteiger partial charge in [0.15, 0.2) is 0 Å². The number of carboxylic acids is 1. The van der Waals surface area contributed by atoms with E-state index in [9.17, 15) is 45.0 Å². The molecule has 15 nitrogen and oxygen atoms in total. The van der Waals surface area contributed by atoms with Gasteiger partial charge < -0.3 is 46.0 Å². The van der Waals surface area contributed by atoms with E-state index in [1.54, 1.807) is 12.1 Å². The van der Waals surface area contributed by atoms with E-state index >= 15 is 0 Å². The number of aromatic hydroxyl groups is 1. The molecule has 0 unspecified atom stereocenters. The number of carboxylic acid groups (broad SMARTS) is 1. The van der Waals surface area contributed by atoms with Gasteiger partial charge in [-0.15, -0.1) is 17.4 Å². The summed E-state index contributed by atoms with van der Waals surface area (Å²) in [4.78, 5) is 37.1. The summed E-state index contributed by atoms with van der Waals surface area (Å²) in [6.07, 6.45) is 3.35. The number of aromatic nitrogens is 3. The van der Waals surface area contributed by atoms with Crippen LogP contribution in [-0.4, -0.2) is 107 Å². The van der Waals surface area contributed by atoms with Crippen molar-refractivity contribution in [2.45, 2.75) is 87.5 Å². The predicted octanol–water partition coefficient (Wildman–Crippen LogP) is -1.45. The first-order chi connectivity index (χ1) is 21.0. The molecule has 0 aliphatic carbocycles. The molecule has 240 valence electrons. The second-order valence-corrected chi connectivity index (χ2v) is 10.7. The van der Waals surface area contributed by atoms with Crippen molar-refractivity contribution in [2.75, 3.05) is 13.2 Å². The Balaban J connectivity index is 1.76. The molecule has 1 fully saturated rings. The quantitative estimate of drug-likeness (QED) is 0.0798. The molecule has 15 heteroatoms. The molecular formula is C29H39N5O10. The number of nitrogens with zero attached hydrogens (tertiary/aromatic N) is 3. The molecule has 3 rings (SSSR count). The number of carbonyl (C=O) groups is 3. The minimum atomic E-state index is -2.39. The molecule has 6 atom stereocenters. The van der Waals surface area contributed by atoms with E-state index in [4.69, 9.17) is 11.2 Å². The van der Waals surface area contributed by atoms with Gasteiger partial charge in [-0.1, -0.05) is 30.2 Å². The van der Waals surface area contributed by atoms with Crippen LogP contribution in [0.2, 0.25) is 0 Å². The van der Waals surface area contributed by atoms with E-state index in [-0.39, 0.29) is 12.2 Å². The third-order valence-corrected chi connectivity index (χ3v) is 7.32. The van der Waals surface area contributed by atoms with Gasteiger partial charge in [0.2, 0.25) is 11.8 Å². The average Bonchev–Trinajstić information content (AvgIpc) is 3.47. The Bertz CT molecular complexity index is 1310. The van der Waals surface area contributed by atoms with Gasteiger partial charge in [0.25, 0.3) is 5.72 Å². The number of hydrogen-bond donors (Lipinski definition) is 8. The highest BCUT2D eigenvalue weighted by atomic mass is 16.6. The van der Waals surface area contributed by atoms with E-state index in [2.05, 4.69) is 26.9 Å². The van der Waals surface area contributed by atoms with Crippen molar-refractivity contribution >= 4 is 17.8 Å². The van der Waals surface area contributed by atoms with Crippen LogP contribution in [0.15, 0.2) is 30.5 Å². The van der Waals surface area contributed by atoms with Crippen molar-refractivity contribution in [3.63, 3.8) is 0 Å². The summed E-state index contributed by atoms with van der Waals surface area (Å²) >= 11 is 0. The van der Waals surface area contributed by atoms with Gasteiger partial charge in [-0.3, -0.25) is 9.59 Å². The number of aliphatic hydroxyl groups is 4. The molecule has 1 aromatic heterocycles. The maximum Gasteiger partial charge on any atom is 0.359 e. The third kappa shape index (κ3) is 8.97. The SMILES string of the molecule is C#CCCCCCCc1cn([C@]2(C(=O)O)C[C@H](O)[C@@H](NC(=O)CO)[C@H]([C@H](O)[C@H](O)CNC(=O)Cc3cccc(O)c3)O2)nn1. The van der Waals surface area contributed by atoms with Gasteiger partial charge in [0.05, 0.1) is 36.6 Å². The summed E-state index contributed by atoms with van der Waals surface area (Å²) in [5, 5.41) is 74.6. The number of aliphatic carboxylic acids is 1. The van der Waals surface area contributed by atoms with Crippen LogP contribution in [0.4, 0.5) is 0 Å². The van der Waals surface area contributed by atoms with E-state index in [1.165, 1.54) is 18.3 Å². The highest BCUT2D eigenvalue weighted by Crippen LogP contribution is 2.36. The number of carbonyl (C=O) groups excluding carboxylic acids is 2. The average molecular weight is 618 g/mol. The highest BCUT2D eigenvalue weighted by Gasteiger charge is 2.56. The molecule has 0 spiro atoms. The van der Waals surface area contributed by atoms with Gasteiger partial charge >= 0.3 is 5.97 Å². The molecule has 2 heterocycles. The minimum absolute atomic E-state index is 0.0350. The fourth-order valence-electron chi connectivity index (χ4n) is 5.00. The van der Waals surface area contributed by atoms with Crippen molar-refractivity contribution in [3.05, 3.63) is 41.7 Å². The Morgan fingerprint density at radius 1 is 1.18 bits per heavy atom. The van der Waals surface area contributed by atoms with Crippen LogP contribution in [0.25, 0.3) is 0 Å². The normalized spacial score (nSPS) is 22.8. The maximum atomic E-state index is 12.6. The zero-order valence-corrected chi connectivity index (χ0v) is 24.1. The first-order valence-corrected chi connectivity index (χ1v) is 14.3. The predicted molar refractivity (Wildman–Crippen MR) is 153 cm³/mol. The molecular weight excluding hydrogens is 578 g/mol. The first-order valence-electron chi connectivity index (χ1n) is 14.3. The Morgan fingerprint density at radius 3 is 2.61 bits per heavy atom. The monoisotopic (exact) mass is 617 g/mol. The second-order valence-electron chi connectivity index (χ2n) is 10.7. The summed E-state index contributed by atoms with van der Waals surface area (Å²) in [6.45, 7) is -1.48. The van der Waals surface area contributed by atoms with Crippen molar-refractivity contribution in [2.24, 2.45) is 0 Å². The zero-order chi connectivity index (χ0) is 32.3. The number of hydrogen-bond acceptors (Lipinski definition) is 11. The lowest BCUT2D eigenvalue weighted by atomic mass is 9.87. The Labute approximate surface area is 253 Å². The molecule has 44 heavy (non-hydrogen) atoms. The van der Waals surface area contributed by atoms with Crippen LogP contribution in [0.1, 0.15) is 49.8 Å². The van der Waals surface area contributed by atoms with Crippen molar-refractivity contribution in [3.8, 4) is 18.1 Å². The summed E-state index contributed by atoms with van der Waals surface area (Å²) in [7, 11) is 0. The lowest BCUT2D eigenvalue weighted by Gasteiger charge is -2.46. The van der Waals surface area contributed by atoms with Crippen LogP contribution in [0.5, 0.6) is 5.75 Å². The largest absolute Gasteiger partial charge is 0.508 e. The van der Waals surface area contributed by atoms with Crippen LogP contribution in [0.3, 0.4) is 0 Å². The Kier molecular flexibility index (Phi) is 12.6. The van der Waals surface area contributed by atoms with Crippen LogP contribution in [-0.2, 0) is 37.7 Å². The van der Waals surface area contributed by atoms with Gasteiger partial charge in [0, 0.05) is 19.4 Å². The summed E-state index contributed by atoms with van der Waals surface area (Å²) < 4.78 is 6.78. The van der Waals surface area contributed by atoms with Crippen molar-refractivity contribution in [1.82, 2.24) is 25.6 Å². The number of unbranched alkanes of at least 4 members (excludes halogenated alkanes) is 4. The molecule has 0 saturated carbocycles. The van der Waals surface area contributed by atoms with Crippen LogP contribution in [0, 0.1) is 12.3 Å². The van der Waals surface area contributed by atoms with Crippen molar-refractivity contribution < 1.29 is 49.8 Å². The molecule has 0 bridgehead atoms. The summed E-state index contributed by atoms with van der Waals surface area (Å²) in [5.74, 6) is -0.537. The summed E-state index contributed by atoms with van der Waals surface area (Å²) in [5.41, 5.74) is -1.43. The number of terminal acetylenes is 1. The number of phenolic OH excluding ortho intramolecular Hbond substituents is 1. The highest BCUT2D eigenvalue weighted by molar-refractivity contribution is 5.79. The third-order valence-electron chi connectivity index (χ3n) is 7.32. The number of benzene rings is 1. The Morgan fingerprint density at radius 2 is 1.93 bits per heavy atom. The van der Waals surface area contributed by atoms with Gasteiger partial charge in [-0.05, 0) is 37.0 Å². The number of amides is 2. The molecule has 1 aliphatic heterocycles. The number of nitrogens with one attached hydrogen (secondary N) is 2. The standard InChI is InChI=1S/C29H39N5O10/c1-2-3-4-5-6-7-10-19-16-34(33-32-19)29(28(42)43)14-21(37)25(31-24(40)17-35)27(44-29)26(41)22(38)15-30-23(39)13-18-9-8-11-20(36)12-18/h1,8-9,11-12,16,21-22,25-27,35-38,41H,3-7,10,13-15,17H2,(H,30,39)(H,31,40)(H,42,43)/t21-,22+,25+,26+,27+,29+/m0/s1. The zero-order valence-electron chi connectivity index (χ0n) is 24.1. The van der Waals surface area contributed by atoms with E-state index < -0.39 is 73.5 Å². The molecule has 1 aromatic carbocycles.